The van der Waals surface area contributed by atoms with E-state index in [2.05, 4.69) is 10.7 Å². The van der Waals surface area contributed by atoms with Crippen molar-refractivity contribution in [1.29, 1.82) is 0 Å². The van der Waals surface area contributed by atoms with Crippen molar-refractivity contribution in [2.45, 2.75) is 25.9 Å². The predicted octanol–water partition coefficient (Wildman–Crippen LogP) is 2.08. The lowest BCUT2D eigenvalue weighted by molar-refractivity contribution is -0.387. The second-order valence-corrected chi connectivity index (χ2v) is 6.77. The van der Waals surface area contributed by atoms with E-state index in [-0.39, 0.29) is 35.9 Å². The van der Waals surface area contributed by atoms with Crippen LogP contribution in [0.15, 0.2) is 42.5 Å². The second-order valence-electron chi connectivity index (χ2n) is 6.77. The lowest BCUT2D eigenvalue weighted by Gasteiger charge is -2.27. The minimum Gasteiger partial charge on any atom is -0.449 e. The molecular weight excluding hydrogens is 427 g/mol. The van der Waals surface area contributed by atoms with Gasteiger partial charge in [0, 0.05) is 24.6 Å². The standard InChI is InChI=1S/C20H17FN4O7/c1-11(19(28)22-13-4-7-15(21)16(10-13)25(30)31)32-20(29)12-2-5-14(6-3-12)24-18(27)9-8-17(26)23-24/h2-7,10-11H,8-9H2,1H3,(H,22,28)(H,23,26). The lowest BCUT2D eigenvalue weighted by Crippen LogP contribution is -2.50. The first-order valence-electron chi connectivity index (χ1n) is 9.34. The largest absolute Gasteiger partial charge is 0.449 e. The third kappa shape index (κ3) is 5.03. The van der Waals surface area contributed by atoms with Gasteiger partial charge in [0.15, 0.2) is 6.10 Å². The molecule has 1 unspecified atom stereocenters. The fraction of sp³-hybridized carbons (Fsp3) is 0.200. The Balaban J connectivity index is 1.62. The molecule has 0 bridgehead atoms. The molecule has 1 atom stereocenters. The number of ether oxygens (including phenoxy) is 1. The monoisotopic (exact) mass is 444 g/mol. The van der Waals surface area contributed by atoms with Crippen LogP contribution in [0.4, 0.5) is 21.5 Å². The normalized spacial score (nSPS) is 14.4. The summed E-state index contributed by atoms with van der Waals surface area (Å²) < 4.78 is 18.5. The molecule has 12 heteroatoms. The summed E-state index contributed by atoms with van der Waals surface area (Å²) in [5.74, 6) is -3.27. The number of hydrogen-bond acceptors (Lipinski definition) is 7. The maximum atomic E-state index is 13.4. The van der Waals surface area contributed by atoms with Crippen molar-refractivity contribution in [3.05, 3.63) is 64.0 Å². The van der Waals surface area contributed by atoms with E-state index >= 15 is 0 Å². The van der Waals surface area contributed by atoms with Gasteiger partial charge in [-0.2, -0.15) is 4.39 Å². The first-order chi connectivity index (χ1) is 15.2. The number of hydrogen-bond donors (Lipinski definition) is 2. The minimum atomic E-state index is -1.27. The van der Waals surface area contributed by atoms with Gasteiger partial charge in [0.05, 0.1) is 16.2 Å². The summed E-state index contributed by atoms with van der Waals surface area (Å²) >= 11 is 0. The molecule has 32 heavy (non-hydrogen) atoms. The van der Waals surface area contributed by atoms with Crippen LogP contribution in [0.1, 0.15) is 30.1 Å². The molecule has 1 fully saturated rings. The first-order valence-corrected chi connectivity index (χ1v) is 9.34. The number of carbonyl (C=O) groups excluding carboxylic acids is 4. The number of halogens is 1. The summed E-state index contributed by atoms with van der Waals surface area (Å²) in [6.07, 6.45) is -1.10. The van der Waals surface area contributed by atoms with Crippen LogP contribution in [-0.2, 0) is 19.1 Å². The summed E-state index contributed by atoms with van der Waals surface area (Å²) in [4.78, 5) is 57.8. The van der Waals surface area contributed by atoms with Crippen LogP contribution in [0.3, 0.4) is 0 Å². The number of carbonyl (C=O) groups is 4. The van der Waals surface area contributed by atoms with Crippen molar-refractivity contribution in [2.24, 2.45) is 0 Å². The highest BCUT2D eigenvalue weighted by Gasteiger charge is 2.25. The van der Waals surface area contributed by atoms with E-state index in [9.17, 15) is 33.7 Å². The Morgan fingerprint density at radius 3 is 2.53 bits per heavy atom. The van der Waals surface area contributed by atoms with Gasteiger partial charge in [-0.15, -0.1) is 0 Å². The second kappa shape index (κ2) is 9.20. The molecule has 2 N–H and O–H groups in total. The highest BCUT2D eigenvalue weighted by atomic mass is 19.1. The van der Waals surface area contributed by atoms with E-state index in [0.29, 0.717) is 5.69 Å². The Morgan fingerprint density at radius 2 is 1.88 bits per heavy atom. The Kier molecular flexibility index (Phi) is 6.42. The van der Waals surface area contributed by atoms with Gasteiger partial charge >= 0.3 is 11.7 Å². The SMILES string of the molecule is CC(OC(=O)c1ccc(N2NC(=O)CCC2=O)cc1)C(=O)Nc1ccc(F)c([N+](=O)[O-])c1. The van der Waals surface area contributed by atoms with E-state index in [1.807, 2.05) is 0 Å². The van der Waals surface area contributed by atoms with Crippen molar-refractivity contribution in [3.8, 4) is 0 Å². The number of anilines is 2. The zero-order valence-corrected chi connectivity index (χ0v) is 16.7. The molecule has 0 radical (unpaired) electrons. The lowest BCUT2D eigenvalue weighted by atomic mass is 10.1. The van der Waals surface area contributed by atoms with Crippen LogP contribution < -0.4 is 15.8 Å². The molecule has 1 saturated heterocycles. The van der Waals surface area contributed by atoms with E-state index in [0.717, 1.165) is 23.2 Å². The maximum absolute atomic E-state index is 13.4. The van der Waals surface area contributed by atoms with E-state index in [4.69, 9.17) is 4.74 Å². The Morgan fingerprint density at radius 1 is 1.19 bits per heavy atom. The highest BCUT2D eigenvalue weighted by Crippen LogP contribution is 2.22. The van der Waals surface area contributed by atoms with E-state index in [1.54, 1.807) is 0 Å². The highest BCUT2D eigenvalue weighted by molar-refractivity contribution is 6.02. The average molecular weight is 444 g/mol. The van der Waals surface area contributed by atoms with Gasteiger partial charge in [-0.3, -0.25) is 29.9 Å². The molecule has 2 aromatic rings. The van der Waals surface area contributed by atoms with Crippen molar-refractivity contribution in [3.63, 3.8) is 0 Å². The van der Waals surface area contributed by atoms with Gasteiger partial charge in [0.1, 0.15) is 0 Å². The zero-order valence-electron chi connectivity index (χ0n) is 16.7. The molecule has 0 aliphatic carbocycles. The van der Waals surface area contributed by atoms with Crippen molar-refractivity contribution < 1.29 is 33.2 Å². The topological polar surface area (TPSA) is 148 Å². The molecule has 0 saturated carbocycles. The van der Waals surface area contributed by atoms with Gasteiger partial charge in [-0.05, 0) is 43.3 Å². The van der Waals surface area contributed by atoms with Gasteiger partial charge in [0.2, 0.25) is 17.6 Å². The fourth-order valence-electron chi connectivity index (χ4n) is 2.79. The van der Waals surface area contributed by atoms with Crippen LogP contribution >= 0.6 is 0 Å². The van der Waals surface area contributed by atoms with E-state index < -0.39 is 34.4 Å². The zero-order chi connectivity index (χ0) is 23.4. The number of nitrogens with zero attached hydrogens (tertiary/aromatic N) is 2. The molecule has 3 rings (SSSR count). The molecule has 0 spiro atoms. The van der Waals surface area contributed by atoms with Gasteiger partial charge in [0.25, 0.3) is 5.91 Å². The fourth-order valence-corrected chi connectivity index (χ4v) is 2.79. The first kappa shape index (κ1) is 22.3. The Bertz CT molecular complexity index is 1100. The van der Waals surface area contributed by atoms with Crippen LogP contribution in [0, 0.1) is 15.9 Å². The number of hydrazine groups is 1. The molecule has 1 aliphatic rings. The summed E-state index contributed by atoms with van der Waals surface area (Å²) in [5, 5.41) is 14.2. The number of nitro benzene ring substituents is 1. The number of rotatable bonds is 6. The van der Waals surface area contributed by atoms with Gasteiger partial charge in [-0.1, -0.05) is 0 Å². The maximum Gasteiger partial charge on any atom is 0.338 e. The molecule has 1 heterocycles. The molecule has 3 amide bonds. The summed E-state index contributed by atoms with van der Waals surface area (Å²) in [5.41, 5.74) is 2.01. The smallest absolute Gasteiger partial charge is 0.338 e. The van der Waals surface area contributed by atoms with E-state index in [1.165, 1.54) is 31.2 Å². The van der Waals surface area contributed by atoms with Crippen LogP contribution in [0.2, 0.25) is 0 Å². The third-order valence-electron chi connectivity index (χ3n) is 4.48. The summed E-state index contributed by atoms with van der Waals surface area (Å²) in [6, 6.07) is 8.40. The predicted molar refractivity (Wildman–Crippen MR) is 108 cm³/mol. The number of amides is 3. The Labute approximate surface area is 180 Å². The molecule has 0 aromatic heterocycles. The number of esters is 1. The average Bonchev–Trinajstić information content (AvgIpc) is 2.76. The van der Waals surface area contributed by atoms with Gasteiger partial charge in [-0.25, -0.2) is 9.80 Å². The molecule has 166 valence electrons. The van der Waals surface area contributed by atoms with Crippen LogP contribution in [-0.4, -0.2) is 34.7 Å². The van der Waals surface area contributed by atoms with Crippen LogP contribution in [0.5, 0.6) is 0 Å². The van der Waals surface area contributed by atoms with Crippen molar-refractivity contribution >= 4 is 40.8 Å². The van der Waals surface area contributed by atoms with Crippen molar-refractivity contribution in [1.82, 2.24) is 5.43 Å². The number of benzene rings is 2. The molecule has 1 aliphatic heterocycles. The molecule has 11 nitrogen and oxygen atoms in total. The number of nitrogens with one attached hydrogen (secondary N) is 2. The summed E-state index contributed by atoms with van der Waals surface area (Å²) in [7, 11) is 0. The molecular formula is C20H17FN4O7. The van der Waals surface area contributed by atoms with Gasteiger partial charge < -0.3 is 10.1 Å². The number of nitro groups is 1. The third-order valence-corrected chi connectivity index (χ3v) is 4.48. The summed E-state index contributed by atoms with van der Waals surface area (Å²) in [6.45, 7) is 1.29. The molecule has 2 aromatic carbocycles. The van der Waals surface area contributed by atoms with Crippen molar-refractivity contribution in [2.75, 3.05) is 10.3 Å². The quantitative estimate of drug-likeness (QED) is 0.394. The van der Waals surface area contributed by atoms with Crippen LogP contribution in [0.25, 0.3) is 0 Å². The minimum absolute atomic E-state index is 0.0383. The Hall–Kier alpha value is -4.35.